The van der Waals surface area contributed by atoms with Crippen LogP contribution in [-0.4, -0.2) is 23.4 Å². The lowest BCUT2D eigenvalue weighted by Gasteiger charge is -2.09. The number of rotatable bonds is 0. The highest BCUT2D eigenvalue weighted by molar-refractivity contribution is 5.48. The van der Waals surface area contributed by atoms with Crippen molar-refractivity contribution >= 4 is 5.69 Å². The van der Waals surface area contributed by atoms with Crippen LogP contribution in [0.15, 0.2) is 23.3 Å². The Hall–Kier alpha value is -1.43. The van der Waals surface area contributed by atoms with E-state index in [0.29, 0.717) is 30.5 Å². The number of hydrogen-bond acceptors (Lipinski definition) is 2. The summed E-state index contributed by atoms with van der Waals surface area (Å²) < 4.78 is 45.5. The second-order valence-corrected chi connectivity index (χ2v) is 4.97. The molecule has 1 fully saturated rings. The van der Waals surface area contributed by atoms with Gasteiger partial charge in [-0.1, -0.05) is 6.07 Å². The van der Waals surface area contributed by atoms with Crippen molar-refractivity contribution in [3.05, 3.63) is 29.3 Å². The monoisotopic (exact) mass is 271 g/mol. The maximum absolute atomic E-state index is 12.7. The largest absolute Gasteiger partial charge is 0.416 e. The van der Waals surface area contributed by atoms with Gasteiger partial charge in [-0.25, -0.2) is 0 Å². The molecular formula is C13H14F3N2O+. The van der Waals surface area contributed by atoms with E-state index in [0.717, 1.165) is 18.6 Å². The smallest absolute Gasteiger partial charge is 0.376 e. The number of ether oxygens (including phenoxy) is 1. The van der Waals surface area contributed by atoms with Crippen molar-refractivity contribution in [1.29, 1.82) is 0 Å². The lowest BCUT2D eigenvalue weighted by Crippen LogP contribution is -2.05. The Bertz CT molecular complexity index is 539. The molecule has 2 unspecified atom stereocenters. The van der Waals surface area contributed by atoms with Crippen LogP contribution in [0, 0.1) is 0 Å². The van der Waals surface area contributed by atoms with Gasteiger partial charge in [-0.3, -0.25) is 0 Å². The first-order valence-corrected chi connectivity index (χ1v) is 6.24. The summed E-state index contributed by atoms with van der Waals surface area (Å²) in [5, 5.41) is 4.34. The number of alkyl halides is 3. The first-order valence-electron chi connectivity index (χ1n) is 6.24. The second-order valence-electron chi connectivity index (χ2n) is 4.97. The van der Waals surface area contributed by atoms with Crippen molar-refractivity contribution in [3.8, 4) is 0 Å². The summed E-state index contributed by atoms with van der Waals surface area (Å²) in [7, 11) is 0. The number of halogens is 3. The van der Waals surface area contributed by atoms with Gasteiger partial charge in [-0.15, -0.1) is 4.70 Å². The van der Waals surface area contributed by atoms with Crippen LogP contribution in [0.5, 0.6) is 0 Å². The third-order valence-electron chi connectivity index (χ3n) is 3.68. The Labute approximate surface area is 108 Å². The van der Waals surface area contributed by atoms with Crippen molar-refractivity contribution in [2.45, 2.75) is 38.2 Å². The number of azo groups is 2. The molecule has 19 heavy (non-hydrogen) atoms. The lowest BCUT2D eigenvalue weighted by atomic mass is 10.1. The summed E-state index contributed by atoms with van der Waals surface area (Å²) in [6.45, 7) is 2.94. The van der Waals surface area contributed by atoms with Gasteiger partial charge in [0.15, 0.2) is 0 Å². The van der Waals surface area contributed by atoms with Crippen molar-refractivity contribution < 1.29 is 22.6 Å². The van der Waals surface area contributed by atoms with E-state index in [2.05, 4.69) is 5.11 Å². The van der Waals surface area contributed by atoms with E-state index in [9.17, 15) is 13.2 Å². The molecule has 3 nitrogen and oxygen atoms in total. The quantitative estimate of drug-likeness (QED) is 0.523. The summed E-state index contributed by atoms with van der Waals surface area (Å²) in [4.78, 5) is 0. The molecule has 0 bridgehead atoms. The highest BCUT2D eigenvalue weighted by atomic mass is 19.4. The predicted octanol–water partition coefficient (Wildman–Crippen LogP) is 3.49. The molecule has 6 heteroatoms. The third kappa shape index (κ3) is 2.36. The maximum Gasteiger partial charge on any atom is 0.416 e. The van der Waals surface area contributed by atoms with Crippen LogP contribution in [-0.2, 0) is 17.5 Å². The van der Waals surface area contributed by atoms with Crippen LogP contribution in [0.2, 0.25) is 0 Å². The molecule has 0 aromatic heterocycles. The lowest BCUT2D eigenvalue weighted by molar-refractivity contribution is -0.452. The van der Waals surface area contributed by atoms with Crippen molar-refractivity contribution in [2.75, 3.05) is 6.61 Å². The minimum Gasteiger partial charge on any atom is -0.376 e. The molecule has 0 aliphatic carbocycles. The number of nitrogens with zero attached hydrogens (tertiary/aromatic N) is 2. The Balaban J connectivity index is 2.03. The molecule has 0 N–H and O–H groups in total. The number of hydrogen-bond donors (Lipinski definition) is 0. The molecule has 1 aromatic rings. The van der Waals surface area contributed by atoms with Crippen molar-refractivity contribution in [3.63, 3.8) is 0 Å². The van der Waals surface area contributed by atoms with E-state index >= 15 is 0 Å². The summed E-state index contributed by atoms with van der Waals surface area (Å²) >= 11 is 0. The molecule has 2 atom stereocenters. The summed E-state index contributed by atoms with van der Waals surface area (Å²) in [5.74, 6) is 0. The number of benzene rings is 1. The average Bonchev–Trinajstić information content (AvgIpc) is 2.92. The van der Waals surface area contributed by atoms with E-state index in [4.69, 9.17) is 4.74 Å². The highest BCUT2D eigenvalue weighted by Gasteiger charge is 2.54. The van der Waals surface area contributed by atoms with Crippen LogP contribution >= 0.6 is 0 Å². The Morgan fingerprint density at radius 3 is 2.89 bits per heavy atom. The maximum atomic E-state index is 12.7. The van der Waals surface area contributed by atoms with E-state index in [1.165, 1.54) is 6.07 Å². The molecule has 1 aromatic carbocycles. The minimum absolute atomic E-state index is 0.282. The van der Waals surface area contributed by atoms with Gasteiger partial charge in [-0.2, -0.15) is 13.2 Å². The van der Waals surface area contributed by atoms with Crippen LogP contribution in [0.1, 0.15) is 24.5 Å². The van der Waals surface area contributed by atoms with Gasteiger partial charge in [-0.05, 0) is 17.2 Å². The molecular weight excluding hydrogens is 257 g/mol. The molecule has 1 saturated heterocycles. The molecule has 0 saturated carbocycles. The van der Waals surface area contributed by atoms with Gasteiger partial charge in [0.2, 0.25) is 12.1 Å². The van der Waals surface area contributed by atoms with Gasteiger partial charge in [0.1, 0.15) is 5.69 Å². The van der Waals surface area contributed by atoms with Crippen molar-refractivity contribution in [1.82, 2.24) is 0 Å². The van der Waals surface area contributed by atoms with Crippen molar-refractivity contribution in [2.24, 2.45) is 5.11 Å². The first-order chi connectivity index (χ1) is 8.97. The van der Waals surface area contributed by atoms with E-state index in [1.54, 1.807) is 0 Å². The highest BCUT2D eigenvalue weighted by Crippen LogP contribution is 2.36. The normalized spacial score (nSPS) is 26.4. The van der Waals surface area contributed by atoms with E-state index < -0.39 is 11.7 Å². The fraction of sp³-hybridized carbons (Fsp3) is 0.538. The van der Waals surface area contributed by atoms with Crippen LogP contribution in [0.25, 0.3) is 0 Å². The molecule has 2 aliphatic heterocycles. The molecule has 3 rings (SSSR count). The van der Waals surface area contributed by atoms with Crippen LogP contribution in [0.4, 0.5) is 18.9 Å². The van der Waals surface area contributed by atoms with Crippen LogP contribution < -0.4 is 0 Å². The molecule has 102 valence electrons. The van der Waals surface area contributed by atoms with Gasteiger partial charge in [0.25, 0.3) is 0 Å². The van der Waals surface area contributed by atoms with Gasteiger partial charge >= 0.3 is 6.18 Å². The summed E-state index contributed by atoms with van der Waals surface area (Å²) in [5.41, 5.74) is 0.402. The molecule has 2 aliphatic rings. The van der Waals surface area contributed by atoms with Gasteiger partial charge < -0.3 is 4.74 Å². The zero-order valence-corrected chi connectivity index (χ0v) is 10.4. The number of fused-ring (bicyclic) bond motifs is 2. The Morgan fingerprint density at radius 2 is 2.16 bits per heavy atom. The Morgan fingerprint density at radius 1 is 1.37 bits per heavy atom. The van der Waals surface area contributed by atoms with Gasteiger partial charge in [0, 0.05) is 18.9 Å². The van der Waals surface area contributed by atoms with Crippen LogP contribution in [0.3, 0.4) is 0 Å². The zero-order chi connectivity index (χ0) is 13.6. The molecule has 0 amide bonds. The fourth-order valence-electron chi connectivity index (χ4n) is 2.40. The predicted molar refractivity (Wildman–Crippen MR) is 61.3 cm³/mol. The SMILES string of the molecule is CC1C2CCOCc3ccc(C(F)(F)F)cc3N=[N+]12. The van der Waals surface area contributed by atoms with E-state index in [-0.39, 0.29) is 6.04 Å². The topological polar surface area (TPSA) is 24.6 Å². The molecule has 2 heterocycles. The fourth-order valence-corrected chi connectivity index (χ4v) is 2.40. The average molecular weight is 271 g/mol. The minimum atomic E-state index is -4.34. The first kappa shape index (κ1) is 12.6. The summed E-state index contributed by atoms with van der Waals surface area (Å²) in [6, 6.07) is 4.21. The second kappa shape index (κ2) is 4.30. The third-order valence-corrected chi connectivity index (χ3v) is 3.68. The zero-order valence-electron chi connectivity index (χ0n) is 10.4. The summed E-state index contributed by atoms with van der Waals surface area (Å²) in [6.07, 6.45) is -3.47. The molecule has 0 spiro atoms. The Kier molecular flexibility index (Phi) is 2.85. The standard InChI is InChI=1S/C13H14F3N2O/c1-8-12-4-5-19-7-9-2-3-10(13(14,15)16)6-11(9)17-18(8)12/h2-3,6,8,12H,4-5,7H2,1H3/q+1. The van der Waals surface area contributed by atoms with Gasteiger partial charge in [0.05, 0.1) is 18.8 Å². The van der Waals surface area contributed by atoms with E-state index in [1.807, 2.05) is 11.6 Å². The molecule has 0 radical (unpaired) electrons.